The monoisotopic (exact) mass is 197 g/mol. The first-order chi connectivity index (χ1) is 6.49. The third-order valence-corrected chi connectivity index (χ3v) is 4.42. The van der Waals surface area contributed by atoms with Crippen molar-refractivity contribution >= 4 is 11.9 Å². The van der Waals surface area contributed by atoms with Gasteiger partial charge in [0.15, 0.2) is 0 Å². The summed E-state index contributed by atoms with van der Waals surface area (Å²) < 4.78 is 0. The minimum absolute atomic E-state index is 0.0404. The Bertz CT molecular complexity index is 355. The molecule has 0 aromatic heterocycles. The molecule has 0 heterocycles. The van der Waals surface area contributed by atoms with E-state index in [1.165, 1.54) is 0 Å². The molecule has 4 fully saturated rings. The van der Waals surface area contributed by atoms with Crippen molar-refractivity contribution in [2.45, 2.75) is 12.0 Å². The van der Waals surface area contributed by atoms with E-state index in [9.17, 15) is 9.59 Å². The van der Waals surface area contributed by atoms with Crippen molar-refractivity contribution in [3.8, 4) is 0 Å². The summed E-state index contributed by atoms with van der Waals surface area (Å²) in [6.07, 6.45) is 0.690. The van der Waals surface area contributed by atoms with Gasteiger partial charge in [-0.3, -0.25) is 9.59 Å². The fraction of sp³-hybridized carbons (Fsp3) is 0.778. The molecule has 0 spiro atoms. The van der Waals surface area contributed by atoms with Crippen molar-refractivity contribution in [1.82, 2.24) is 0 Å². The molecule has 4 saturated carbocycles. The average Bonchev–Trinajstić information content (AvgIpc) is 2.46. The quantitative estimate of drug-likeness (QED) is 0.547. The molecule has 6 atom stereocenters. The number of carboxylic acids is 2. The number of carboxylic acid groups (broad SMARTS) is 2. The number of nitrogens with two attached hydrogens (primary N) is 1. The van der Waals surface area contributed by atoms with Gasteiger partial charge in [0.25, 0.3) is 0 Å². The molecule has 4 bridgehead atoms. The maximum Gasteiger partial charge on any atom is 0.324 e. The lowest BCUT2D eigenvalue weighted by Crippen LogP contribution is -2.52. The first-order valence-electron chi connectivity index (χ1n) is 4.74. The molecule has 0 amide bonds. The second kappa shape index (κ2) is 1.95. The van der Waals surface area contributed by atoms with Crippen molar-refractivity contribution in [3.05, 3.63) is 0 Å². The highest BCUT2D eigenvalue weighted by Gasteiger charge is 2.82. The van der Waals surface area contributed by atoms with Crippen molar-refractivity contribution in [2.75, 3.05) is 0 Å². The molecular weight excluding hydrogens is 186 g/mol. The predicted molar refractivity (Wildman–Crippen MR) is 44.3 cm³/mol. The summed E-state index contributed by atoms with van der Waals surface area (Å²) in [5.41, 5.74) is 4.59. The van der Waals surface area contributed by atoms with E-state index < -0.39 is 23.4 Å². The Kier molecular flexibility index (Phi) is 1.15. The second-order valence-corrected chi connectivity index (χ2v) is 4.71. The van der Waals surface area contributed by atoms with Gasteiger partial charge >= 0.3 is 11.9 Å². The van der Waals surface area contributed by atoms with Gasteiger partial charge in [-0.1, -0.05) is 0 Å². The molecule has 0 radical (unpaired) electrons. The number of hydrogen-bond donors (Lipinski definition) is 3. The van der Waals surface area contributed by atoms with Crippen molar-refractivity contribution in [3.63, 3.8) is 0 Å². The van der Waals surface area contributed by atoms with Gasteiger partial charge in [0, 0.05) is 5.92 Å². The lowest BCUT2D eigenvalue weighted by Gasteiger charge is -2.24. The Morgan fingerprint density at radius 2 is 2.00 bits per heavy atom. The molecule has 0 unspecified atom stereocenters. The normalized spacial score (nSPS) is 57.4. The van der Waals surface area contributed by atoms with E-state index in [1.807, 2.05) is 0 Å². The molecule has 4 aliphatic carbocycles. The Labute approximate surface area is 79.9 Å². The van der Waals surface area contributed by atoms with E-state index in [0.29, 0.717) is 6.42 Å². The first kappa shape index (κ1) is 8.23. The van der Waals surface area contributed by atoms with Crippen LogP contribution in [-0.2, 0) is 9.59 Å². The molecule has 0 aromatic rings. The Morgan fingerprint density at radius 1 is 1.36 bits per heavy atom. The standard InChI is InChI=1S/C9H11NO4/c10-9(8(13)14)3-1-2-4(6(2)9)5(3)7(11)12/h2-6H,1,10H2,(H,11,12)(H,13,14)/t2-,3+,4-,5-,6-,9-/m0/s1. The van der Waals surface area contributed by atoms with E-state index in [-0.39, 0.29) is 23.7 Å². The first-order valence-corrected chi connectivity index (χ1v) is 4.74. The van der Waals surface area contributed by atoms with Crippen LogP contribution in [-0.4, -0.2) is 27.7 Å². The van der Waals surface area contributed by atoms with Crippen LogP contribution < -0.4 is 5.73 Å². The molecule has 0 aliphatic heterocycles. The van der Waals surface area contributed by atoms with Crippen LogP contribution in [0.4, 0.5) is 0 Å². The molecule has 0 saturated heterocycles. The zero-order valence-corrected chi connectivity index (χ0v) is 7.38. The molecule has 5 nitrogen and oxygen atoms in total. The Balaban J connectivity index is 2.03. The Morgan fingerprint density at radius 3 is 2.29 bits per heavy atom. The summed E-state index contributed by atoms with van der Waals surface area (Å²) in [6, 6.07) is 0. The largest absolute Gasteiger partial charge is 0.481 e. The zero-order chi connectivity index (χ0) is 10.2. The molecule has 14 heavy (non-hydrogen) atoms. The molecule has 4 aliphatic rings. The van der Waals surface area contributed by atoms with Crippen molar-refractivity contribution in [1.29, 1.82) is 0 Å². The number of hydrogen-bond acceptors (Lipinski definition) is 3. The predicted octanol–water partition coefficient (Wildman–Crippen LogP) is -0.635. The molecule has 4 N–H and O–H groups in total. The van der Waals surface area contributed by atoms with Crippen LogP contribution in [0.1, 0.15) is 6.42 Å². The Hall–Kier alpha value is -1.10. The minimum atomic E-state index is -1.25. The van der Waals surface area contributed by atoms with Gasteiger partial charge in [0.05, 0.1) is 5.92 Å². The zero-order valence-electron chi connectivity index (χ0n) is 7.38. The number of rotatable bonds is 2. The van der Waals surface area contributed by atoms with Gasteiger partial charge < -0.3 is 15.9 Å². The number of aliphatic carboxylic acids is 2. The topological polar surface area (TPSA) is 101 Å². The van der Waals surface area contributed by atoms with E-state index in [1.54, 1.807) is 0 Å². The number of carbonyl (C=O) groups is 2. The molecule has 0 aromatic carbocycles. The van der Waals surface area contributed by atoms with E-state index in [4.69, 9.17) is 15.9 Å². The van der Waals surface area contributed by atoms with Crippen LogP contribution in [0.15, 0.2) is 0 Å². The van der Waals surface area contributed by atoms with Gasteiger partial charge in [-0.15, -0.1) is 0 Å². The molecule has 5 heteroatoms. The van der Waals surface area contributed by atoms with E-state index in [0.717, 1.165) is 0 Å². The fourth-order valence-corrected chi connectivity index (χ4v) is 3.95. The van der Waals surface area contributed by atoms with Crippen LogP contribution >= 0.6 is 0 Å². The minimum Gasteiger partial charge on any atom is -0.481 e. The lowest BCUT2D eigenvalue weighted by atomic mass is 9.85. The highest BCUT2D eigenvalue weighted by atomic mass is 16.4. The SMILES string of the molecule is N[C@]1(C(=O)O)[C@H]2[C@H]3C[C@@H]1[C@H](C(=O)O)[C@H]32. The highest BCUT2D eigenvalue weighted by molar-refractivity contribution is 5.86. The van der Waals surface area contributed by atoms with Gasteiger partial charge in [-0.25, -0.2) is 0 Å². The van der Waals surface area contributed by atoms with Gasteiger partial charge in [-0.2, -0.15) is 0 Å². The van der Waals surface area contributed by atoms with Crippen LogP contribution in [0.3, 0.4) is 0 Å². The summed E-state index contributed by atoms with van der Waals surface area (Å²) in [5, 5.41) is 18.0. The molecular formula is C9H11NO4. The second-order valence-electron chi connectivity index (χ2n) is 4.71. The smallest absolute Gasteiger partial charge is 0.324 e. The average molecular weight is 197 g/mol. The summed E-state index contributed by atoms with van der Waals surface area (Å²) in [6.45, 7) is 0. The fourth-order valence-electron chi connectivity index (χ4n) is 3.95. The summed E-state index contributed by atoms with van der Waals surface area (Å²) in [7, 11) is 0. The third-order valence-electron chi connectivity index (χ3n) is 4.42. The third kappa shape index (κ3) is 0.580. The van der Waals surface area contributed by atoms with E-state index >= 15 is 0 Å². The van der Waals surface area contributed by atoms with Gasteiger partial charge in [0.1, 0.15) is 5.54 Å². The van der Waals surface area contributed by atoms with Crippen LogP contribution in [0.2, 0.25) is 0 Å². The summed E-state index contributed by atoms with van der Waals surface area (Å²) >= 11 is 0. The van der Waals surface area contributed by atoms with Crippen molar-refractivity contribution in [2.24, 2.45) is 35.3 Å². The van der Waals surface area contributed by atoms with Crippen LogP contribution in [0.5, 0.6) is 0 Å². The maximum absolute atomic E-state index is 11.0. The summed E-state index contributed by atoms with van der Waals surface area (Å²) in [5.74, 6) is -2.53. The lowest BCUT2D eigenvalue weighted by molar-refractivity contribution is -0.147. The van der Waals surface area contributed by atoms with Gasteiger partial charge in [0.2, 0.25) is 0 Å². The highest BCUT2D eigenvalue weighted by Crippen LogP contribution is 2.76. The maximum atomic E-state index is 11.0. The van der Waals surface area contributed by atoms with Crippen LogP contribution in [0, 0.1) is 29.6 Å². The van der Waals surface area contributed by atoms with Crippen LogP contribution in [0.25, 0.3) is 0 Å². The van der Waals surface area contributed by atoms with E-state index in [2.05, 4.69) is 0 Å². The molecule has 76 valence electrons. The van der Waals surface area contributed by atoms with Crippen molar-refractivity contribution < 1.29 is 19.8 Å². The molecule has 4 rings (SSSR count). The summed E-state index contributed by atoms with van der Waals surface area (Å²) in [4.78, 5) is 22.0. The van der Waals surface area contributed by atoms with Gasteiger partial charge in [-0.05, 0) is 24.2 Å².